The molecule has 0 spiro atoms. The fourth-order valence-corrected chi connectivity index (χ4v) is 2.90. The zero-order valence-electron chi connectivity index (χ0n) is 10.9. The van der Waals surface area contributed by atoms with E-state index >= 15 is 0 Å². The van der Waals surface area contributed by atoms with E-state index < -0.39 is 0 Å². The smallest absolute Gasteiger partial charge is 0.222 e. The van der Waals surface area contributed by atoms with Crippen LogP contribution < -0.4 is 5.32 Å². The van der Waals surface area contributed by atoms with Crippen molar-refractivity contribution in [3.05, 3.63) is 0 Å². The fourth-order valence-electron chi connectivity index (χ4n) is 2.90. The highest BCUT2D eigenvalue weighted by Gasteiger charge is 2.19. The van der Waals surface area contributed by atoms with E-state index in [1.807, 2.05) is 0 Å². The van der Waals surface area contributed by atoms with E-state index in [9.17, 15) is 4.79 Å². The summed E-state index contributed by atoms with van der Waals surface area (Å²) in [7, 11) is 0. The molecule has 0 bridgehead atoms. The maximum absolute atomic E-state index is 12.1. The first-order valence-corrected chi connectivity index (χ1v) is 7.27. The molecule has 97 valence electrons. The number of hydrogen-bond donors (Lipinski definition) is 0. The SMILES string of the molecule is O=C(CCC1CCC[N]C1)N1CCCCCC1. The van der Waals surface area contributed by atoms with Crippen molar-refractivity contribution in [3.63, 3.8) is 0 Å². The van der Waals surface area contributed by atoms with E-state index in [0.717, 1.165) is 39.0 Å². The molecule has 2 aliphatic rings. The topological polar surface area (TPSA) is 34.4 Å². The fraction of sp³-hybridized carbons (Fsp3) is 0.929. The Kier molecular flexibility index (Phi) is 5.30. The lowest BCUT2D eigenvalue weighted by Gasteiger charge is -2.24. The molecule has 0 aromatic carbocycles. The second kappa shape index (κ2) is 7.00. The summed E-state index contributed by atoms with van der Waals surface area (Å²) >= 11 is 0. The molecule has 2 saturated heterocycles. The molecular formula is C14H25N2O. The maximum atomic E-state index is 12.1. The van der Waals surface area contributed by atoms with E-state index in [1.54, 1.807) is 0 Å². The minimum atomic E-state index is 0.387. The Hall–Kier alpha value is -0.570. The van der Waals surface area contributed by atoms with Crippen molar-refractivity contribution >= 4 is 5.91 Å². The van der Waals surface area contributed by atoms with Gasteiger partial charge in [-0.05, 0) is 38.0 Å². The molecule has 2 fully saturated rings. The lowest BCUT2D eigenvalue weighted by molar-refractivity contribution is -0.131. The first kappa shape index (κ1) is 12.9. The number of carbonyl (C=O) groups is 1. The van der Waals surface area contributed by atoms with Gasteiger partial charge in [-0.1, -0.05) is 12.8 Å². The molecule has 1 unspecified atom stereocenters. The van der Waals surface area contributed by atoms with Gasteiger partial charge in [-0.3, -0.25) is 4.79 Å². The molecule has 3 heteroatoms. The van der Waals surface area contributed by atoms with Crippen molar-refractivity contribution in [1.82, 2.24) is 10.2 Å². The van der Waals surface area contributed by atoms with Crippen LogP contribution in [0.15, 0.2) is 0 Å². The van der Waals surface area contributed by atoms with Gasteiger partial charge in [-0.2, -0.15) is 0 Å². The summed E-state index contributed by atoms with van der Waals surface area (Å²) in [6.07, 6.45) is 9.30. The Morgan fingerprint density at radius 3 is 2.53 bits per heavy atom. The summed E-state index contributed by atoms with van der Waals surface area (Å²) in [5, 5.41) is 4.44. The summed E-state index contributed by atoms with van der Waals surface area (Å²) in [5.41, 5.74) is 0. The van der Waals surface area contributed by atoms with Gasteiger partial charge < -0.3 is 4.90 Å². The average Bonchev–Trinajstić information content (AvgIpc) is 2.66. The molecule has 2 rings (SSSR count). The minimum Gasteiger partial charge on any atom is -0.343 e. The Morgan fingerprint density at radius 1 is 1.12 bits per heavy atom. The number of nitrogens with zero attached hydrogens (tertiary/aromatic N) is 2. The predicted molar refractivity (Wildman–Crippen MR) is 68.9 cm³/mol. The Morgan fingerprint density at radius 2 is 1.88 bits per heavy atom. The van der Waals surface area contributed by atoms with E-state index in [2.05, 4.69) is 10.2 Å². The van der Waals surface area contributed by atoms with Crippen molar-refractivity contribution < 1.29 is 4.79 Å². The van der Waals surface area contributed by atoms with E-state index in [-0.39, 0.29) is 0 Å². The summed E-state index contributed by atoms with van der Waals surface area (Å²) in [6, 6.07) is 0. The largest absolute Gasteiger partial charge is 0.343 e. The van der Waals surface area contributed by atoms with Gasteiger partial charge in [0.1, 0.15) is 0 Å². The molecule has 0 aromatic rings. The quantitative estimate of drug-likeness (QED) is 0.741. The normalized spacial score (nSPS) is 26.6. The van der Waals surface area contributed by atoms with Gasteiger partial charge in [-0.15, -0.1) is 0 Å². The molecule has 0 aromatic heterocycles. The van der Waals surface area contributed by atoms with Crippen LogP contribution in [-0.2, 0) is 4.79 Å². The summed E-state index contributed by atoms with van der Waals surface area (Å²) in [5.74, 6) is 1.07. The number of piperidine rings is 1. The molecule has 1 radical (unpaired) electrons. The van der Waals surface area contributed by atoms with Crippen LogP contribution in [-0.4, -0.2) is 37.0 Å². The molecule has 0 aliphatic carbocycles. The van der Waals surface area contributed by atoms with Crippen molar-refractivity contribution in [1.29, 1.82) is 0 Å². The molecule has 1 amide bonds. The van der Waals surface area contributed by atoms with Gasteiger partial charge in [-0.25, -0.2) is 5.32 Å². The van der Waals surface area contributed by atoms with Crippen molar-refractivity contribution in [2.75, 3.05) is 26.2 Å². The minimum absolute atomic E-state index is 0.387. The van der Waals surface area contributed by atoms with Crippen LogP contribution in [0.2, 0.25) is 0 Å². The molecular weight excluding hydrogens is 212 g/mol. The van der Waals surface area contributed by atoms with Crippen LogP contribution in [0.1, 0.15) is 51.4 Å². The molecule has 1 atom stereocenters. The van der Waals surface area contributed by atoms with Crippen LogP contribution in [0.3, 0.4) is 0 Å². The van der Waals surface area contributed by atoms with Gasteiger partial charge in [0.25, 0.3) is 0 Å². The zero-order chi connectivity index (χ0) is 11.9. The molecule has 0 N–H and O–H groups in total. The first-order chi connectivity index (χ1) is 8.36. The highest BCUT2D eigenvalue weighted by Crippen LogP contribution is 2.18. The highest BCUT2D eigenvalue weighted by atomic mass is 16.2. The third-order valence-electron chi connectivity index (χ3n) is 4.04. The predicted octanol–water partition coefficient (Wildman–Crippen LogP) is 2.18. The highest BCUT2D eigenvalue weighted by molar-refractivity contribution is 5.76. The number of carbonyl (C=O) groups excluding carboxylic acids is 1. The summed E-state index contributed by atoms with van der Waals surface area (Å²) in [4.78, 5) is 14.2. The van der Waals surface area contributed by atoms with Gasteiger partial charge in [0.05, 0.1) is 0 Å². The van der Waals surface area contributed by atoms with Crippen LogP contribution >= 0.6 is 0 Å². The summed E-state index contributed by atoms with van der Waals surface area (Å²) in [6.45, 7) is 4.02. The first-order valence-electron chi connectivity index (χ1n) is 7.27. The van der Waals surface area contributed by atoms with Crippen molar-refractivity contribution in [2.45, 2.75) is 51.4 Å². The second-order valence-corrected chi connectivity index (χ2v) is 5.47. The molecule has 3 nitrogen and oxygen atoms in total. The summed E-state index contributed by atoms with van der Waals surface area (Å²) < 4.78 is 0. The molecule has 0 saturated carbocycles. The van der Waals surface area contributed by atoms with Gasteiger partial charge >= 0.3 is 0 Å². The van der Waals surface area contributed by atoms with Crippen LogP contribution in [0.4, 0.5) is 0 Å². The molecule has 2 heterocycles. The number of amides is 1. The van der Waals surface area contributed by atoms with E-state index in [0.29, 0.717) is 11.8 Å². The van der Waals surface area contributed by atoms with Crippen molar-refractivity contribution in [3.8, 4) is 0 Å². The third-order valence-corrected chi connectivity index (χ3v) is 4.04. The van der Waals surface area contributed by atoms with Gasteiger partial charge in [0.2, 0.25) is 5.91 Å². The van der Waals surface area contributed by atoms with E-state index in [4.69, 9.17) is 0 Å². The van der Waals surface area contributed by atoms with Gasteiger partial charge in [0.15, 0.2) is 0 Å². The van der Waals surface area contributed by atoms with Crippen LogP contribution in [0, 0.1) is 5.92 Å². The monoisotopic (exact) mass is 237 g/mol. The lowest BCUT2D eigenvalue weighted by atomic mass is 9.94. The molecule has 17 heavy (non-hydrogen) atoms. The third kappa shape index (κ3) is 4.30. The number of hydrogen-bond acceptors (Lipinski definition) is 1. The van der Waals surface area contributed by atoms with Crippen LogP contribution in [0.25, 0.3) is 0 Å². The van der Waals surface area contributed by atoms with E-state index in [1.165, 1.54) is 38.5 Å². The zero-order valence-corrected chi connectivity index (χ0v) is 10.9. The Balaban J connectivity index is 1.68. The van der Waals surface area contributed by atoms with Crippen LogP contribution in [0.5, 0.6) is 0 Å². The molecule has 2 aliphatic heterocycles. The standard InChI is InChI=1S/C14H25N2O/c17-14(16-10-3-1-2-4-11-16)8-7-13-6-5-9-15-12-13/h13H,1-12H2. The van der Waals surface area contributed by atoms with Gasteiger partial charge in [0, 0.05) is 32.6 Å². The number of rotatable bonds is 3. The maximum Gasteiger partial charge on any atom is 0.222 e. The Labute approximate surface area is 105 Å². The number of likely N-dealkylation sites (tertiary alicyclic amines) is 1. The second-order valence-electron chi connectivity index (χ2n) is 5.47. The lowest BCUT2D eigenvalue weighted by Crippen LogP contribution is -2.33. The van der Waals surface area contributed by atoms with Crippen molar-refractivity contribution in [2.24, 2.45) is 5.92 Å². The average molecular weight is 237 g/mol. The Bertz CT molecular complexity index is 228.